The summed E-state index contributed by atoms with van der Waals surface area (Å²) < 4.78 is 13.9. The molecule has 0 bridgehead atoms. The van der Waals surface area contributed by atoms with Crippen molar-refractivity contribution >= 4 is 5.91 Å². The van der Waals surface area contributed by atoms with Gasteiger partial charge in [-0.3, -0.25) is 14.6 Å². The summed E-state index contributed by atoms with van der Waals surface area (Å²) in [5, 5.41) is 0. The Bertz CT molecular complexity index is 594. The first-order chi connectivity index (χ1) is 12.7. The van der Waals surface area contributed by atoms with Crippen LogP contribution in [0, 0.1) is 5.82 Å². The molecule has 2 aliphatic rings. The van der Waals surface area contributed by atoms with Crippen molar-refractivity contribution in [2.24, 2.45) is 0 Å². The fourth-order valence-corrected chi connectivity index (χ4v) is 4.24. The number of carbonyl (C=O) groups excluding carboxylic acids is 1. The molecular weight excluding hydrogens is 329 g/mol. The molecule has 1 aromatic carbocycles. The summed E-state index contributed by atoms with van der Waals surface area (Å²) in [5.74, 6) is 0.165. The van der Waals surface area contributed by atoms with Gasteiger partial charge in [0.2, 0.25) is 5.91 Å². The minimum Gasteiger partial charge on any atom is -0.339 e. The molecule has 2 fully saturated rings. The maximum absolute atomic E-state index is 13.9. The molecule has 0 spiro atoms. The number of nitrogens with zero attached hydrogens (tertiary/aromatic N) is 3. The molecule has 3 rings (SSSR count). The topological polar surface area (TPSA) is 26.8 Å². The highest BCUT2D eigenvalue weighted by Crippen LogP contribution is 2.20. The number of carbonyl (C=O) groups is 1. The normalized spacial score (nSPS) is 23.0. The smallest absolute Gasteiger partial charge is 0.236 e. The molecule has 0 N–H and O–H groups in total. The molecule has 1 atom stereocenters. The van der Waals surface area contributed by atoms with Gasteiger partial charge in [0.1, 0.15) is 5.82 Å². The van der Waals surface area contributed by atoms with E-state index in [9.17, 15) is 9.18 Å². The third-order valence-corrected chi connectivity index (χ3v) is 5.81. The van der Waals surface area contributed by atoms with Crippen molar-refractivity contribution in [3.8, 4) is 0 Å². The van der Waals surface area contributed by atoms with Gasteiger partial charge < -0.3 is 4.90 Å². The van der Waals surface area contributed by atoms with E-state index >= 15 is 0 Å². The van der Waals surface area contributed by atoms with Crippen LogP contribution in [0.4, 0.5) is 4.39 Å². The lowest BCUT2D eigenvalue weighted by atomic mass is 10.00. The maximum atomic E-state index is 13.9. The molecular formula is C21H32FN3O. The highest BCUT2D eigenvalue weighted by molar-refractivity contribution is 5.78. The van der Waals surface area contributed by atoms with E-state index in [1.807, 2.05) is 12.1 Å². The Balaban J connectivity index is 1.50. The number of hydrogen-bond donors (Lipinski definition) is 0. The van der Waals surface area contributed by atoms with Crippen molar-refractivity contribution in [3.63, 3.8) is 0 Å². The molecule has 2 aliphatic heterocycles. The number of hydrogen-bond acceptors (Lipinski definition) is 3. The van der Waals surface area contributed by atoms with Crippen LogP contribution in [-0.2, 0) is 11.3 Å². The first-order valence-corrected chi connectivity index (χ1v) is 10.1. The average Bonchev–Trinajstić information content (AvgIpc) is 2.88. The number of amides is 1. The Hall–Kier alpha value is -1.46. The minimum absolute atomic E-state index is 0.125. The third-order valence-electron chi connectivity index (χ3n) is 5.81. The summed E-state index contributed by atoms with van der Waals surface area (Å²) in [5.41, 5.74) is 0.760. The quantitative estimate of drug-likeness (QED) is 0.806. The summed E-state index contributed by atoms with van der Waals surface area (Å²) in [6.07, 6.45) is 5.62. The van der Waals surface area contributed by atoms with E-state index in [1.54, 1.807) is 6.07 Å². The fourth-order valence-electron chi connectivity index (χ4n) is 4.24. The molecule has 2 heterocycles. The Morgan fingerprint density at radius 3 is 2.62 bits per heavy atom. The van der Waals surface area contributed by atoms with Crippen molar-refractivity contribution in [1.29, 1.82) is 0 Å². The fraction of sp³-hybridized carbons (Fsp3) is 0.667. The van der Waals surface area contributed by atoms with Crippen LogP contribution in [0.5, 0.6) is 0 Å². The molecule has 4 nitrogen and oxygen atoms in total. The zero-order valence-corrected chi connectivity index (χ0v) is 16.0. The Morgan fingerprint density at radius 1 is 1.04 bits per heavy atom. The predicted molar refractivity (Wildman–Crippen MR) is 102 cm³/mol. The first kappa shape index (κ1) is 19.3. The van der Waals surface area contributed by atoms with E-state index in [0.29, 0.717) is 25.0 Å². The van der Waals surface area contributed by atoms with Gasteiger partial charge in [-0.2, -0.15) is 0 Å². The number of benzene rings is 1. The second kappa shape index (κ2) is 9.47. The second-order valence-electron chi connectivity index (χ2n) is 7.64. The SMILES string of the molecule is CCC1CCCCN1C(=O)CN1CCCN(Cc2ccccc2F)CC1. The van der Waals surface area contributed by atoms with Crippen LogP contribution in [0.2, 0.25) is 0 Å². The lowest BCUT2D eigenvalue weighted by Crippen LogP contribution is -2.48. The zero-order valence-electron chi connectivity index (χ0n) is 16.0. The lowest BCUT2D eigenvalue weighted by Gasteiger charge is -2.36. The predicted octanol–water partition coefficient (Wildman–Crippen LogP) is 3.12. The van der Waals surface area contributed by atoms with Crippen molar-refractivity contribution in [3.05, 3.63) is 35.6 Å². The number of halogens is 1. The van der Waals surface area contributed by atoms with Crippen molar-refractivity contribution < 1.29 is 9.18 Å². The summed E-state index contributed by atoms with van der Waals surface area (Å²) in [7, 11) is 0. The Labute approximate surface area is 157 Å². The van der Waals surface area contributed by atoms with E-state index in [0.717, 1.165) is 64.0 Å². The monoisotopic (exact) mass is 361 g/mol. The molecule has 1 unspecified atom stereocenters. The first-order valence-electron chi connectivity index (χ1n) is 10.1. The van der Waals surface area contributed by atoms with Crippen molar-refractivity contribution in [1.82, 2.24) is 14.7 Å². The van der Waals surface area contributed by atoms with E-state index in [4.69, 9.17) is 0 Å². The van der Waals surface area contributed by atoms with E-state index < -0.39 is 0 Å². The van der Waals surface area contributed by atoms with E-state index in [-0.39, 0.29) is 5.82 Å². The molecule has 0 saturated carbocycles. The Morgan fingerprint density at radius 2 is 1.81 bits per heavy atom. The van der Waals surface area contributed by atoms with Gasteiger partial charge >= 0.3 is 0 Å². The minimum atomic E-state index is -0.125. The summed E-state index contributed by atoms with van der Waals surface area (Å²) in [6, 6.07) is 7.45. The van der Waals surface area contributed by atoms with Crippen LogP contribution in [-0.4, -0.2) is 65.9 Å². The number of likely N-dealkylation sites (tertiary alicyclic amines) is 1. The van der Waals surface area contributed by atoms with Crippen LogP contribution in [0.15, 0.2) is 24.3 Å². The van der Waals surface area contributed by atoms with Gasteiger partial charge in [0.05, 0.1) is 6.54 Å². The third kappa shape index (κ3) is 5.04. The van der Waals surface area contributed by atoms with Crippen molar-refractivity contribution in [2.45, 2.75) is 51.6 Å². The molecule has 1 amide bonds. The van der Waals surface area contributed by atoms with Gasteiger partial charge in [0.15, 0.2) is 0 Å². The average molecular weight is 362 g/mol. The molecule has 5 heteroatoms. The standard InChI is InChI=1S/C21H32FN3O/c1-2-19-9-5-6-13-25(19)21(26)17-24-12-7-11-23(14-15-24)16-18-8-3-4-10-20(18)22/h3-4,8,10,19H,2,5-7,9,11-17H2,1H3. The van der Waals surface area contributed by atoms with E-state index in [1.165, 1.54) is 12.5 Å². The zero-order chi connectivity index (χ0) is 18.4. The van der Waals surface area contributed by atoms with Crippen LogP contribution >= 0.6 is 0 Å². The molecule has 0 aliphatic carbocycles. The molecule has 144 valence electrons. The lowest BCUT2D eigenvalue weighted by molar-refractivity contribution is -0.136. The highest BCUT2D eigenvalue weighted by Gasteiger charge is 2.27. The number of piperidine rings is 1. The van der Waals surface area contributed by atoms with Crippen molar-refractivity contribution in [2.75, 3.05) is 39.3 Å². The molecule has 1 aromatic rings. The molecule has 0 aromatic heterocycles. The van der Waals surface area contributed by atoms with Crippen LogP contribution in [0.1, 0.15) is 44.6 Å². The van der Waals surface area contributed by atoms with Crippen LogP contribution in [0.25, 0.3) is 0 Å². The van der Waals surface area contributed by atoms with Gasteiger partial charge in [-0.25, -0.2) is 4.39 Å². The van der Waals surface area contributed by atoms with E-state index in [2.05, 4.69) is 21.6 Å². The molecule has 2 saturated heterocycles. The van der Waals surface area contributed by atoms with Gasteiger partial charge in [-0.15, -0.1) is 0 Å². The summed E-state index contributed by atoms with van der Waals surface area (Å²) in [6.45, 7) is 7.96. The maximum Gasteiger partial charge on any atom is 0.236 e. The van der Waals surface area contributed by atoms with Crippen LogP contribution in [0.3, 0.4) is 0 Å². The number of rotatable bonds is 5. The van der Waals surface area contributed by atoms with Gasteiger partial charge in [0, 0.05) is 37.8 Å². The molecule has 0 radical (unpaired) electrons. The summed E-state index contributed by atoms with van der Waals surface area (Å²) in [4.78, 5) is 19.5. The Kier molecular flexibility index (Phi) is 7.03. The van der Waals surface area contributed by atoms with Gasteiger partial charge in [-0.05, 0) is 51.3 Å². The second-order valence-corrected chi connectivity index (χ2v) is 7.64. The molecule has 26 heavy (non-hydrogen) atoms. The summed E-state index contributed by atoms with van der Waals surface area (Å²) >= 11 is 0. The van der Waals surface area contributed by atoms with Gasteiger partial charge in [0.25, 0.3) is 0 Å². The highest BCUT2D eigenvalue weighted by atomic mass is 19.1. The largest absolute Gasteiger partial charge is 0.339 e. The van der Waals surface area contributed by atoms with Crippen LogP contribution < -0.4 is 0 Å². The van der Waals surface area contributed by atoms with Gasteiger partial charge in [-0.1, -0.05) is 25.1 Å².